The quantitative estimate of drug-likeness (QED) is 0.870. The summed E-state index contributed by atoms with van der Waals surface area (Å²) in [5, 5.41) is 0. The predicted octanol–water partition coefficient (Wildman–Crippen LogP) is 3.37. The summed E-state index contributed by atoms with van der Waals surface area (Å²) in [6.45, 7) is 0. The van der Waals surface area contributed by atoms with E-state index in [1.165, 1.54) is 29.8 Å². The number of hydrogen-bond acceptors (Lipinski definition) is 4. The molecule has 2 aromatic rings. The lowest BCUT2D eigenvalue weighted by Crippen LogP contribution is -2.38. The second kappa shape index (κ2) is 5.20. The zero-order chi connectivity index (χ0) is 15.1. The Bertz CT molecular complexity index is 684. The summed E-state index contributed by atoms with van der Waals surface area (Å²) in [5.74, 6) is 1.62. The van der Waals surface area contributed by atoms with Gasteiger partial charge in [0.25, 0.3) is 0 Å². The molecule has 1 aromatic carbocycles. The van der Waals surface area contributed by atoms with Crippen LogP contribution >= 0.6 is 0 Å². The Morgan fingerprint density at radius 2 is 1.82 bits per heavy atom. The van der Waals surface area contributed by atoms with Crippen molar-refractivity contribution in [2.45, 2.75) is 31.3 Å². The summed E-state index contributed by atoms with van der Waals surface area (Å²) in [5.41, 5.74) is 3.83. The minimum absolute atomic E-state index is 0.431. The Morgan fingerprint density at radius 3 is 2.55 bits per heavy atom. The van der Waals surface area contributed by atoms with Gasteiger partial charge in [-0.05, 0) is 48.7 Å². The second-order valence-electron chi connectivity index (χ2n) is 5.95. The summed E-state index contributed by atoms with van der Waals surface area (Å²) in [6, 6.07) is 13.5. The van der Waals surface area contributed by atoms with E-state index in [-0.39, 0.29) is 0 Å². The molecule has 2 aliphatic heterocycles. The molecule has 0 N–H and O–H groups in total. The number of aromatic nitrogens is 1. The van der Waals surface area contributed by atoms with E-state index in [1.54, 1.807) is 14.2 Å². The van der Waals surface area contributed by atoms with Gasteiger partial charge in [0.05, 0.1) is 26.0 Å². The fraction of sp³-hybridized carbons (Fsp3) is 0.389. The molecule has 0 aliphatic carbocycles. The van der Waals surface area contributed by atoms with Crippen molar-refractivity contribution < 1.29 is 9.47 Å². The molecule has 1 saturated heterocycles. The third-order valence-electron chi connectivity index (χ3n) is 4.85. The Morgan fingerprint density at radius 1 is 1.00 bits per heavy atom. The molecule has 22 heavy (non-hydrogen) atoms. The van der Waals surface area contributed by atoms with Gasteiger partial charge in [-0.3, -0.25) is 0 Å². The first kappa shape index (κ1) is 13.4. The van der Waals surface area contributed by atoms with E-state index in [0.29, 0.717) is 12.1 Å². The van der Waals surface area contributed by atoms with Gasteiger partial charge in [0.1, 0.15) is 5.75 Å². The van der Waals surface area contributed by atoms with Crippen LogP contribution in [-0.4, -0.2) is 25.2 Å². The maximum Gasteiger partial charge on any atom is 0.213 e. The van der Waals surface area contributed by atoms with E-state index in [1.807, 2.05) is 18.2 Å². The topological polar surface area (TPSA) is 34.6 Å². The molecule has 2 bridgehead atoms. The Hall–Kier alpha value is -2.23. The molecule has 2 aliphatic rings. The number of ether oxygens (including phenoxy) is 2. The zero-order valence-corrected chi connectivity index (χ0v) is 13.0. The van der Waals surface area contributed by atoms with Gasteiger partial charge in [-0.1, -0.05) is 0 Å². The third-order valence-corrected chi connectivity index (χ3v) is 4.85. The number of benzene rings is 1. The van der Waals surface area contributed by atoms with E-state index < -0.39 is 0 Å². The number of methoxy groups -OCH3 is 2. The number of pyridine rings is 1. The van der Waals surface area contributed by atoms with Crippen LogP contribution in [0.4, 0.5) is 5.69 Å². The number of nitrogens with zero attached hydrogens (tertiary/aromatic N) is 2. The molecule has 0 radical (unpaired) electrons. The Kier molecular flexibility index (Phi) is 3.17. The standard InChI is InChI=1S/C18H20N2O2/c1-21-14-6-3-12(4-7-14)20-13-5-9-17(20)15-8-10-18(22-2)19-16(15)11-13/h3-4,6-8,10,13,17H,5,9,11H2,1-2H3. The van der Waals surface area contributed by atoms with Crippen LogP contribution < -0.4 is 14.4 Å². The first-order chi connectivity index (χ1) is 10.8. The van der Waals surface area contributed by atoms with Gasteiger partial charge in [0.15, 0.2) is 0 Å². The highest BCUT2D eigenvalue weighted by molar-refractivity contribution is 5.56. The molecule has 3 heterocycles. The van der Waals surface area contributed by atoms with Crippen molar-refractivity contribution in [3.63, 3.8) is 0 Å². The predicted molar refractivity (Wildman–Crippen MR) is 85.7 cm³/mol. The lowest BCUT2D eigenvalue weighted by Gasteiger charge is -2.37. The van der Waals surface area contributed by atoms with E-state index in [2.05, 4.69) is 28.1 Å². The maximum absolute atomic E-state index is 5.27. The molecule has 0 spiro atoms. The van der Waals surface area contributed by atoms with Crippen LogP contribution in [0.3, 0.4) is 0 Å². The monoisotopic (exact) mass is 296 g/mol. The van der Waals surface area contributed by atoms with Gasteiger partial charge in [0, 0.05) is 24.2 Å². The lowest BCUT2D eigenvalue weighted by molar-refractivity contribution is 0.394. The number of hydrogen-bond donors (Lipinski definition) is 0. The highest BCUT2D eigenvalue weighted by Gasteiger charge is 2.40. The van der Waals surface area contributed by atoms with Gasteiger partial charge in [-0.15, -0.1) is 0 Å². The molecule has 4 nitrogen and oxygen atoms in total. The van der Waals surface area contributed by atoms with Crippen LogP contribution in [0, 0.1) is 0 Å². The molecular weight excluding hydrogens is 276 g/mol. The Labute approximate surface area is 130 Å². The SMILES string of the molecule is COc1ccc(N2C3CCC2c2ccc(OC)nc2C3)cc1. The maximum atomic E-state index is 5.27. The third kappa shape index (κ3) is 2.02. The fourth-order valence-corrected chi connectivity index (χ4v) is 3.83. The summed E-state index contributed by atoms with van der Waals surface area (Å²) in [6.07, 6.45) is 3.40. The van der Waals surface area contributed by atoms with Gasteiger partial charge in [-0.2, -0.15) is 0 Å². The normalized spacial score (nSPS) is 22.4. The molecule has 4 heteroatoms. The highest BCUT2D eigenvalue weighted by Crippen LogP contribution is 2.46. The van der Waals surface area contributed by atoms with Gasteiger partial charge >= 0.3 is 0 Å². The summed E-state index contributed by atoms with van der Waals surface area (Å²) in [4.78, 5) is 7.21. The summed E-state index contributed by atoms with van der Waals surface area (Å²) < 4.78 is 10.5. The molecule has 0 saturated carbocycles. The molecule has 0 amide bonds. The first-order valence-corrected chi connectivity index (χ1v) is 7.76. The van der Waals surface area contributed by atoms with Crippen LogP contribution in [0.5, 0.6) is 11.6 Å². The fourth-order valence-electron chi connectivity index (χ4n) is 3.83. The van der Waals surface area contributed by atoms with Crippen LogP contribution in [0.2, 0.25) is 0 Å². The smallest absolute Gasteiger partial charge is 0.213 e. The van der Waals surface area contributed by atoms with Crippen molar-refractivity contribution in [1.82, 2.24) is 4.98 Å². The van der Waals surface area contributed by atoms with Crippen LogP contribution in [0.1, 0.15) is 30.1 Å². The van der Waals surface area contributed by atoms with Crippen molar-refractivity contribution in [3.05, 3.63) is 47.7 Å². The molecular formula is C18H20N2O2. The van der Waals surface area contributed by atoms with Crippen LogP contribution in [0.15, 0.2) is 36.4 Å². The number of rotatable bonds is 3. The zero-order valence-electron chi connectivity index (χ0n) is 13.0. The number of anilines is 1. The van der Waals surface area contributed by atoms with E-state index in [0.717, 1.165) is 18.1 Å². The first-order valence-electron chi connectivity index (χ1n) is 7.76. The Balaban J connectivity index is 1.70. The lowest BCUT2D eigenvalue weighted by atomic mass is 9.97. The molecule has 4 rings (SSSR count). The van der Waals surface area contributed by atoms with Crippen molar-refractivity contribution in [2.24, 2.45) is 0 Å². The van der Waals surface area contributed by atoms with Crippen molar-refractivity contribution >= 4 is 5.69 Å². The van der Waals surface area contributed by atoms with E-state index in [4.69, 9.17) is 9.47 Å². The highest BCUT2D eigenvalue weighted by atomic mass is 16.5. The van der Waals surface area contributed by atoms with E-state index in [9.17, 15) is 0 Å². The molecule has 2 unspecified atom stereocenters. The van der Waals surface area contributed by atoms with Gasteiger partial charge in [-0.25, -0.2) is 4.98 Å². The van der Waals surface area contributed by atoms with Crippen molar-refractivity contribution in [1.29, 1.82) is 0 Å². The average molecular weight is 296 g/mol. The van der Waals surface area contributed by atoms with Crippen molar-refractivity contribution in [3.8, 4) is 11.6 Å². The molecule has 1 fully saturated rings. The van der Waals surface area contributed by atoms with E-state index >= 15 is 0 Å². The summed E-state index contributed by atoms with van der Waals surface area (Å²) in [7, 11) is 3.38. The van der Waals surface area contributed by atoms with Gasteiger partial charge < -0.3 is 14.4 Å². The molecule has 2 atom stereocenters. The minimum atomic E-state index is 0.431. The number of fused-ring (bicyclic) bond motifs is 4. The van der Waals surface area contributed by atoms with Crippen LogP contribution in [0.25, 0.3) is 0 Å². The molecule has 1 aromatic heterocycles. The largest absolute Gasteiger partial charge is 0.497 e. The molecule has 114 valence electrons. The van der Waals surface area contributed by atoms with Crippen molar-refractivity contribution in [2.75, 3.05) is 19.1 Å². The van der Waals surface area contributed by atoms with Crippen LogP contribution in [-0.2, 0) is 6.42 Å². The summed E-state index contributed by atoms with van der Waals surface area (Å²) >= 11 is 0. The second-order valence-corrected chi connectivity index (χ2v) is 5.95. The van der Waals surface area contributed by atoms with Gasteiger partial charge in [0.2, 0.25) is 5.88 Å². The minimum Gasteiger partial charge on any atom is -0.497 e. The average Bonchev–Trinajstić information content (AvgIpc) is 2.89.